The largest absolute Gasteiger partial charge is 0.324 e. The first-order valence-electron chi connectivity index (χ1n) is 10.9. The van der Waals surface area contributed by atoms with Gasteiger partial charge in [0.1, 0.15) is 12.4 Å². The van der Waals surface area contributed by atoms with Crippen LogP contribution in [0, 0.1) is 12.7 Å². The van der Waals surface area contributed by atoms with Gasteiger partial charge in [-0.3, -0.25) is 9.59 Å². The highest BCUT2D eigenvalue weighted by Gasteiger charge is 2.33. The number of nitrogens with zero attached hydrogens (tertiary/aromatic N) is 1. The topological polar surface area (TPSA) is 49.4 Å². The third-order valence-corrected chi connectivity index (χ3v) is 6.13. The van der Waals surface area contributed by atoms with Gasteiger partial charge in [-0.15, -0.1) is 0 Å². The zero-order valence-electron chi connectivity index (χ0n) is 18.2. The first-order chi connectivity index (χ1) is 16.0. The monoisotopic (exact) mass is 438 g/mol. The number of aryl methyl sites for hydroxylation is 1. The van der Waals surface area contributed by atoms with Gasteiger partial charge in [0.15, 0.2) is 0 Å². The van der Waals surface area contributed by atoms with E-state index in [4.69, 9.17) is 0 Å². The molecule has 33 heavy (non-hydrogen) atoms. The average molecular weight is 439 g/mol. The van der Waals surface area contributed by atoms with Crippen molar-refractivity contribution in [1.82, 2.24) is 4.90 Å². The molecule has 0 aromatic heterocycles. The SMILES string of the molecule is Cc1ccc2c(c1)[C@H](c1ccc(F)cc1)N(C(=O)Cc1cccc3ccccc13)CC(=O)N2. The van der Waals surface area contributed by atoms with Crippen molar-refractivity contribution in [2.45, 2.75) is 19.4 Å². The van der Waals surface area contributed by atoms with Crippen molar-refractivity contribution in [2.75, 3.05) is 11.9 Å². The van der Waals surface area contributed by atoms with Crippen LogP contribution in [-0.4, -0.2) is 23.3 Å². The fourth-order valence-corrected chi connectivity index (χ4v) is 4.57. The van der Waals surface area contributed by atoms with Gasteiger partial charge in [0, 0.05) is 11.3 Å². The summed E-state index contributed by atoms with van der Waals surface area (Å²) in [6.45, 7) is 1.89. The van der Waals surface area contributed by atoms with Crippen LogP contribution in [0.15, 0.2) is 84.9 Å². The number of nitrogens with one attached hydrogen (secondary N) is 1. The summed E-state index contributed by atoms with van der Waals surface area (Å²) in [6.07, 6.45) is 0.160. The van der Waals surface area contributed by atoms with Gasteiger partial charge in [-0.1, -0.05) is 72.3 Å². The van der Waals surface area contributed by atoms with Crippen molar-refractivity contribution in [1.29, 1.82) is 0 Å². The van der Waals surface area contributed by atoms with Gasteiger partial charge >= 0.3 is 0 Å². The van der Waals surface area contributed by atoms with Crippen LogP contribution >= 0.6 is 0 Å². The van der Waals surface area contributed by atoms with Crippen LogP contribution in [0.3, 0.4) is 0 Å². The molecule has 0 saturated carbocycles. The Morgan fingerprint density at radius 1 is 1.00 bits per heavy atom. The van der Waals surface area contributed by atoms with E-state index in [0.717, 1.165) is 33.0 Å². The highest BCUT2D eigenvalue weighted by Crippen LogP contribution is 2.37. The van der Waals surface area contributed by atoms with Gasteiger partial charge in [-0.2, -0.15) is 0 Å². The molecule has 164 valence electrons. The molecule has 5 heteroatoms. The normalized spacial score (nSPS) is 15.6. The van der Waals surface area contributed by atoms with E-state index in [1.807, 2.05) is 67.6 Å². The molecule has 2 amide bonds. The quantitative estimate of drug-likeness (QED) is 0.466. The molecule has 0 bridgehead atoms. The van der Waals surface area contributed by atoms with Crippen LogP contribution in [0.2, 0.25) is 0 Å². The highest BCUT2D eigenvalue weighted by molar-refractivity contribution is 5.98. The van der Waals surface area contributed by atoms with E-state index >= 15 is 0 Å². The smallest absolute Gasteiger partial charge is 0.244 e. The van der Waals surface area contributed by atoms with E-state index in [9.17, 15) is 14.0 Å². The molecule has 0 saturated heterocycles. The summed E-state index contributed by atoms with van der Waals surface area (Å²) in [5, 5.41) is 5.01. The molecule has 1 aliphatic rings. The Bertz CT molecular complexity index is 1360. The van der Waals surface area contributed by atoms with Crippen LogP contribution in [0.5, 0.6) is 0 Å². The minimum Gasteiger partial charge on any atom is -0.324 e. The van der Waals surface area contributed by atoms with E-state index in [-0.39, 0.29) is 30.6 Å². The number of anilines is 1. The number of hydrogen-bond donors (Lipinski definition) is 1. The van der Waals surface area contributed by atoms with Crippen LogP contribution in [0.25, 0.3) is 10.8 Å². The molecule has 4 nitrogen and oxygen atoms in total. The first-order valence-corrected chi connectivity index (χ1v) is 10.9. The Labute approximate surface area is 191 Å². The van der Waals surface area contributed by atoms with Crippen molar-refractivity contribution < 1.29 is 14.0 Å². The predicted octanol–water partition coefficient (Wildman–Crippen LogP) is 5.40. The fourth-order valence-electron chi connectivity index (χ4n) is 4.57. The Kier molecular flexibility index (Phi) is 5.38. The molecule has 5 rings (SSSR count). The maximum Gasteiger partial charge on any atom is 0.244 e. The Hall–Kier alpha value is -3.99. The van der Waals surface area contributed by atoms with Gasteiger partial charge in [0.05, 0.1) is 12.5 Å². The fraction of sp³-hybridized carbons (Fsp3) is 0.143. The molecule has 0 radical (unpaired) electrons. The van der Waals surface area contributed by atoms with E-state index < -0.39 is 6.04 Å². The average Bonchev–Trinajstić information content (AvgIpc) is 2.95. The van der Waals surface area contributed by atoms with Crippen molar-refractivity contribution in [2.24, 2.45) is 0 Å². The number of carbonyl (C=O) groups is 2. The number of fused-ring (bicyclic) bond motifs is 2. The molecule has 4 aromatic rings. The summed E-state index contributed by atoms with van der Waals surface area (Å²) in [6, 6.07) is 25.2. The molecule has 1 aliphatic heterocycles. The van der Waals surface area contributed by atoms with Gasteiger partial charge < -0.3 is 10.2 Å². The Morgan fingerprint density at radius 3 is 2.58 bits per heavy atom. The third-order valence-electron chi connectivity index (χ3n) is 6.13. The highest BCUT2D eigenvalue weighted by atomic mass is 19.1. The summed E-state index contributed by atoms with van der Waals surface area (Å²) in [5.74, 6) is -0.763. The van der Waals surface area contributed by atoms with Crippen LogP contribution < -0.4 is 5.32 Å². The molecule has 1 N–H and O–H groups in total. The van der Waals surface area contributed by atoms with E-state index in [1.54, 1.807) is 17.0 Å². The lowest BCUT2D eigenvalue weighted by atomic mass is 9.93. The summed E-state index contributed by atoms with van der Waals surface area (Å²) in [4.78, 5) is 28.1. The zero-order valence-corrected chi connectivity index (χ0v) is 18.2. The van der Waals surface area contributed by atoms with Crippen molar-refractivity contribution in [3.8, 4) is 0 Å². The third kappa shape index (κ3) is 4.10. The minimum atomic E-state index is -0.512. The van der Waals surface area contributed by atoms with Gasteiger partial charge in [-0.05, 0) is 47.0 Å². The molecular formula is C28H23FN2O2. The van der Waals surface area contributed by atoms with Crippen molar-refractivity contribution in [3.63, 3.8) is 0 Å². The van der Waals surface area contributed by atoms with Gasteiger partial charge in [0.2, 0.25) is 11.8 Å². The van der Waals surface area contributed by atoms with Gasteiger partial charge in [0.25, 0.3) is 0 Å². The second kappa shape index (κ2) is 8.51. The molecular weight excluding hydrogens is 415 g/mol. The first kappa shape index (κ1) is 20.9. The summed E-state index contributed by atoms with van der Waals surface area (Å²) in [5.41, 5.74) is 4.16. The van der Waals surface area contributed by atoms with Crippen LogP contribution in [0.4, 0.5) is 10.1 Å². The predicted molar refractivity (Wildman–Crippen MR) is 127 cm³/mol. The Balaban J connectivity index is 1.60. The molecule has 0 spiro atoms. The van der Waals surface area contributed by atoms with Gasteiger partial charge in [-0.25, -0.2) is 4.39 Å². The second-order valence-corrected chi connectivity index (χ2v) is 8.43. The van der Waals surface area contributed by atoms with E-state index in [2.05, 4.69) is 5.32 Å². The summed E-state index contributed by atoms with van der Waals surface area (Å²) >= 11 is 0. The summed E-state index contributed by atoms with van der Waals surface area (Å²) < 4.78 is 13.7. The maximum absolute atomic E-state index is 13.7. The summed E-state index contributed by atoms with van der Waals surface area (Å²) in [7, 11) is 0. The molecule has 1 heterocycles. The van der Waals surface area contributed by atoms with E-state index in [1.165, 1.54) is 12.1 Å². The zero-order chi connectivity index (χ0) is 22.9. The number of rotatable bonds is 3. The molecule has 1 atom stereocenters. The number of carbonyl (C=O) groups excluding carboxylic acids is 2. The van der Waals surface area contributed by atoms with Crippen LogP contribution in [0.1, 0.15) is 28.3 Å². The lowest BCUT2D eigenvalue weighted by Crippen LogP contribution is -2.39. The number of amides is 2. The molecule has 0 unspecified atom stereocenters. The lowest BCUT2D eigenvalue weighted by molar-refractivity contribution is -0.135. The molecule has 0 aliphatic carbocycles. The van der Waals surface area contributed by atoms with Crippen molar-refractivity contribution >= 4 is 28.3 Å². The maximum atomic E-state index is 13.7. The molecule has 4 aromatic carbocycles. The lowest BCUT2D eigenvalue weighted by Gasteiger charge is -2.31. The molecule has 0 fully saturated rings. The van der Waals surface area contributed by atoms with E-state index in [0.29, 0.717) is 5.69 Å². The Morgan fingerprint density at radius 2 is 1.76 bits per heavy atom. The minimum absolute atomic E-state index is 0.0840. The number of halogens is 1. The van der Waals surface area contributed by atoms with Crippen molar-refractivity contribution in [3.05, 3.63) is 113 Å². The standard InChI is InChI=1S/C28H23FN2O2/c1-18-9-14-25-24(15-18)28(20-10-12-22(29)13-11-20)31(17-26(32)30-25)27(33)16-21-7-4-6-19-5-2-3-8-23(19)21/h2-15,28H,16-17H2,1H3,(H,30,32)/t28-/m0/s1. The number of hydrogen-bond acceptors (Lipinski definition) is 2. The van der Waals surface area contributed by atoms with Crippen LogP contribution in [-0.2, 0) is 16.0 Å². The number of benzene rings is 4. The second-order valence-electron chi connectivity index (χ2n) is 8.43.